The first-order valence-corrected chi connectivity index (χ1v) is 3.87. The molecule has 0 fully saturated rings. The van der Waals surface area contributed by atoms with Crippen LogP contribution in [0, 0.1) is 5.92 Å². The summed E-state index contributed by atoms with van der Waals surface area (Å²) in [4.78, 5) is 0. The quantitative estimate of drug-likeness (QED) is 0.693. The monoisotopic (exact) mass is 164 g/mol. The average Bonchev–Trinajstić information content (AvgIpc) is 1.91. The van der Waals surface area contributed by atoms with E-state index in [1.165, 1.54) is 0 Å². The van der Waals surface area contributed by atoms with E-state index in [0.717, 1.165) is 13.2 Å². The molecule has 0 radical (unpaired) electrons. The molecule has 0 heterocycles. The van der Waals surface area contributed by atoms with E-state index in [1.807, 2.05) is 27.7 Å². The molecule has 0 spiro atoms. The summed E-state index contributed by atoms with van der Waals surface area (Å²) >= 11 is 0. The largest absolute Gasteiger partial charge is 0.396 e. The summed E-state index contributed by atoms with van der Waals surface area (Å²) in [6.45, 7) is 9.92. The molecule has 0 amide bonds. The van der Waals surface area contributed by atoms with E-state index in [2.05, 4.69) is 0 Å². The van der Waals surface area contributed by atoms with Crippen LogP contribution in [0.3, 0.4) is 0 Å². The maximum atomic E-state index is 8.14. The number of rotatable bonds is 3. The minimum atomic E-state index is 0. The summed E-state index contributed by atoms with van der Waals surface area (Å²) in [6, 6.07) is 0. The van der Waals surface area contributed by atoms with E-state index in [-0.39, 0.29) is 7.43 Å². The van der Waals surface area contributed by atoms with Gasteiger partial charge in [-0.15, -0.1) is 0 Å². The smallest absolute Gasteiger partial charge is 0.0453 e. The Kier molecular flexibility index (Phi) is 25.7. The molecule has 0 aliphatic carbocycles. The minimum absolute atomic E-state index is 0. The predicted octanol–water partition coefficient (Wildman–Crippen LogP) is 2.31. The second kappa shape index (κ2) is 16.5. The molecule has 0 aromatic rings. The molecule has 2 heteroatoms. The Morgan fingerprint density at radius 3 is 1.45 bits per heavy atom. The molecule has 0 aromatic carbocycles. The maximum Gasteiger partial charge on any atom is 0.0453 e. The Hall–Kier alpha value is -0.0800. The number of hydrogen-bond acceptors (Lipinski definition) is 2. The zero-order valence-electron chi connectivity index (χ0n) is 7.55. The fourth-order valence-electron chi connectivity index (χ4n) is 0.204. The van der Waals surface area contributed by atoms with Gasteiger partial charge < -0.3 is 9.84 Å². The summed E-state index contributed by atoms with van der Waals surface area (Å²) in [6.07, 6.45) is 0. The second-order valence-electron chi connectivity index (χ2n) is 2.36. The SMILES string of the molecule is C.CC(C)CO.CCOCC. The van der Waals surface area contributed by atoms with Crippen molar-refractivity contribution in [2.75, 3.05) is 19.8 Å². The lowest BCUT2D eigenvalue weighted by atomic mass is 10.2. The van der Waals surface area contributed by atoms with Gasteiger partial charge in [-0.2, -0.15) is 0 Å². The third-order valence-corrected chi connectivity index (χ3v) is 0.773. The highest BCUT2D eigenvalue weighted by atomic mass is 16.5. The Morgan fingerprint density at radius 2 is 1.45 bits per heavy atom. The van der Waals surface area contributed by atoms with Crippen LogP contribution in [0.1, 0.15) is 35.1 Å². The topological polar surface area (TPSA) is 29.5 Å². The van der Waals surface area contributed by atoms with Gasteiger partial charge in [-0.25, -0.2) is 0 Å². The molecule has 11 heavy (non-hydrogen) atoms. The van der Waals surface area contributed by atoms with Crippen molar-refractivity contribution in [3.63, 3.8) is 0 Å². The molecule has 2 nitrogen and oxygen atoms in total. The molecule has 0 saturated carbocycles. The fourth-order valence-corrected chi connectivity index (χ4v) is 0.204. The van der Waals surface area contributed by atoms with Crippen molar-refractivity contribution in [2.24, 2.45) is 5.92 Å². The lowest BCUT2D eigenvalue weighted by Gasteiger charge is -1.90. The zero-order valence-corrected chi connectivity index (χ0v) is 7.55. The van der Waals surface area contributed by atoms with E-state index in [9.17, 15) is 0 Å². The summed E-state index contributed by atoms with van der Waals surface area (Å²) < 4.78 is 4.83. The Balaban J connectivity index is -0.000000107. The van der Waals surface area contributed by atoms with Gasteiger partial charge in [0.2, 0.25) is 0 Å². The number of hydrogen-bond donors (Lipinski definition) is 1. The summed E-state index contributed by atoms with van der Waals surface area (Å²) in [5.74, 6) is 0.440. The van der Waals surface area contributed by atoms with Crippen molar-refractivity contribution >= 4 is 0 Å². The predicted molar refractivity (Wildman–Crippen MR) is 50.8 cm³/mol. The molecule has 0 bridgehead atoms. The van der Waals surface area contributed by atoms with Crippen LogP contribution in [-0.4, -0.2) is 24.9 Å². The Bertz CT molecular complexity index is 42.8. The van der Waals surface area contributed by atoms with Crippen LogP contribution in [0.25, 0.3) is 0 Å². The molecule has 0 aliphatic heterocycles. The summed E-state index contributed by atoms with van der Waals surface area (Å²) in [5, 5.41) is 8.14. The van der Waals surface area contributed by atoms with E-state index >= 15 is 0 Å². The Morgan fingerprint density at radius 1 is 1.18 bits per heavy atom. The average molecular weight is 164 g/mol. The normalized spacial score (nSPS) is 8.18. The number of aliphatic hydroxyl groups is 1. The standard InChI is InChI=1S/2C4H10O.CH4/c1-4(2)3-5;1-3-5-4-2;/h4-5H,3H2,1-2H3;3-4H2,1-2H3;1H4. The molecule has 0 rings (SSSR count). The van der Waals surface area contributed by atoms with Gasteiger partial charge in [0.05, 0.1) is 0 Å². The first-order chi connectivity index (χ1) is 4.68. The van der Waals surface area contributed by atoms with Gasteiger partial charge >= 0.3 is 0 Å². The first-order valence-electron chi connectivity index (χ1n) is 3.87. The van der Waals surface area contributed by atoms with Crippen molar-refractivity contribution in [3.05, 3.63) is 0 Å². The first kappa shape index (κ1) is 17.1. The van der Waals surface area contributed by atoms with Crippen molar-refractivity contribution in [1.82, 2.24) is 0 Å². The highest BCUT2D eigenvalue weighted by molar-refractivity contribution is 4.32. The van der Waals surface area contributed by atoms with Crippen LogP contribution in [-0.2, 0) is 4.74 Å². The molecule has 0 aliphatic rings. The minimum Gasteiger partial charge on any atom is -0.396 e. The van der Waals surface area contributed by atoms with Crippen LogP contribution in [0.5, 0.6) is 0 Å². The number of ether oxygens (including phenoxy) is 1. The highest BCUT2D eigenvalue weighted by Crippen LogP contribution is 1.83. The Labute approximate surface area is 71.6 Å². The molecule has 72 valence electrons. The van der Waals surface area contributed by atoms with Crippen molar-refractivity contribution in [1.29, 1.82) is 0 Å². The maximum absolute atomic E-state index is 8.14. The molecule has 1 N–H and O–H groups in total. The lowest BCUT2D eigenvalue weighted by molar-refractivity contribution is 0.162. The van der Waals surface area contributed by atoms with Crippen LogP contribution in [0.4, 0.5) is 0 Å². The van der Waals surface area contributed by atoms with Gasteiger partial charge in [0.15, 0.2) is 0 Å². The third-order valence-electron chi connectivity index (χ3n) is 0.773. The van der Waals surface area contributed by atoms with Gasteiger partial charge in [0, 0.05) is 19.8 Å². The summed E-state index contributed by atoms with van der Waals surface area (Å²) in [5.41, 5.74) is 0. The van der Waals surface area contributed by atoms with Crippen LogP contribution in [0.15, 0.2) is 0 Å². The molecule has 0 atom stereocenters. The molecule has 0 aromatic heterocycles. The molecular formula is C9H24O2. The van der Waals surface area contributed by atoms with Crippen LogP contribution >= 0.6 is 0 Å². The number of aliphatic hydroxyl groups excluding tert-OH is 1. The fraction of sp³-hybridized carbons (Fsp3) is 1.00. The summed E-state index contributed by atoms with van der Waals surface area (Å²) in [7, 11) is 0. The lowest BCUT2D eigenvalue weighted by Crippen LogP contribution is -1.90. The van der Waals surface area contributed by atoms with Gasteiger partial charge in [0.1, 0.15) is 0 Å². The van der Waals surface area contributed by atoms with E-state index < -0.39 is 0 Å². The third kappa shape index (κ3) is 40.5. The van der Waals surface area contributed by atoms with Crippen molar-refractivity contribution in [3.8, 4) is 0 Å². The van der Waals surface area contributed by atoms with Gasteiger partial charge in [-0.05, 0) is 19.8 Å². The van der Waals surface area contributed by atoms with Gasteiger partial charge in [-0.3, -0.25) is 0 Å². The van der Waals surface area contributed by atoms with Crippen molar-refractivity contribution in [2.45, 2.75) is 35.1 Å². The molecular weight excluding hydrogens is 140 g/mol. The highest BCUT2D eigenvalue weighted by Gasteiger charge is 1.81. The zero-order chi connectivity index (χ0) is 8.41. The van der Waals surface area contributed by atoms with Gasteiger partial charge in [0.25, 0.3) is 0 Å². The van der Waals surface area contributed by atoms with E-state index in [1.54, 1.807) is 0 Å². The van der Waals surface area contributed by atoms with E-state index in [4.69, 9.17) is 9.84 Å². The van der Waals surface area contributed by atoms with Crippen LogP contribution < -0.4 is 0 Å². The van der Waals surface area contributed by atoms with Crippen LogP contribution in [0.2, 0.25) is 0 Å². The van der Waals surface area contributed by atoms with Gasteiger partial charge in [-0.1, -0.05) is 21.3 Å². The molecule has 0 saturated heterocycles. The molecule has 0 unspecified atom stereocenters. The van der Waals surface area contributed by atoms with E-state index in [0.29, 0.717) is 12.5 Å². The van der Waals surface area contributed by atoms with Crippen molar-refractivity contribution < 1.29 is 9.84 Å². The second-order valence-corrected chi connectivity index (χ2v) is 2.36.